The number of nitrogens with one attached hydrogen (secondary N) is 1. The van der Waals surface area contributed by atoms with Gasteiger partial charge in [-0.1, -0.05) is 36.4 Å². The van der Waals surface area contributed by atoms with Crippen molar-refractivity contribution in [1.29, 1.82) is 0 Å². The number of carbonyl (C=O) groups excluding carboxylic acids is 1. The molecule has 3 aromatic rings. The first-order chi connectivity index (χ1) is 15.1. The fourth-order valence-corrected chi connectivity index (χ4v) is 4.07. The van der Waals surface area contributed by atoms with Crippen molar-refractivity contribution in [2.75, 3.05) is 11.4 Å². The van der Waals surface area contributed by atoms with Crippen molar-refractivity contribution in [3.63, 3.8) is 0 Å². The van der Waals surface area contributed by atoms with Crippen LogP contribution in [0, 0.1) is 0 Å². The minimum atomic E-state index is -4.78. The lowest BCUT2D eigenvalue weighted by Gasteiger charge is -2.19. The average Bonchev–Trinajstić information content (AvgIpc) is 2.77. The largest absolute Gasteiger partial charge is 0.573 e. The quantitative estimate of drug-likeness (QED) is 0.565. The Morgan fingerprint density at radius 2 is 1.62 bits per heavy atom. The number of benzene rings is 3. The van der Waals surface area contributed by atoms with Crippen LogP contribution in [0.2, 0.25) is 0 Å². The number of alkyl halides is 3. The van der Waals surface area contributed by atoms with E-state index in [2.05, 4.69) is 10.1 Å². The minimum absolute atomic E-state index is 0.0338. The van der Waals surface area contributed by atoms with E-state index in [1.165, 1.54) is 43.4 Å². The van der Waals surface area contributed by atoms with E-state index in [0.29, 0.717) is 11.3 Å². The Hall–Kier alpha value is -3.53. The molecule has 0 aromatic heterocycles. The van der Waals surface area contributed by atoms with Gasteiger partial charge in [0.25, 0.3) is 15.9 Å². The zero-order valence-electron chi connectivity index (χ0n) is 16.8. The van der Waals surface area contributed by atoms with Crippen molar-refractivity contribution < 1.29 is 31.1 Å². The molecule has 3 aromatic carbocycles. The van der Waals surface area contributed by atoms with Crippen LogP contribution in [0.3, 0.4) is 0 Å². The number of para-hydroxylation sites is 1. The van der Waals surface area contributed by atoms with E-state index < -0.39 is 22.3 Å². The minimum Gasteiger partial charge on any atom is -0.406 e. The number of rotatable bonds is 7. The van der Waals surface area contributed by atoms with Crippen molar-refractivity contribution in [3.8, 4) is 5.75 Å². The molecule has 1 amide bonds. The number of halogens is 3. The summed E-state index contributed by atoms with van der Waals surface area (Å²) in [6, 6.07) is 19.2. The highest BCUT2D eigenvalue weighted by Crippen LogP contribution is 2.24. The molecule has 0 atom stereocenters. The summed E-state index contributed by atoms with van der Waals surface area (Å²) in [6.07, 6.45) is -4.78. The molecule has 3 rings (SSSR count). The topological polar surface area (TPSA) is 75.7 Å². The van der Waals surface area contributed by atoms with Gasteiger partial charge >= 0.3 is 6.36 Å². The fraction of sp³-hybridized carbons (Fsp3) is 0.136. The third-order valence-corrected chi connectivity index (χ3v) is 6.27. The zero-order valence-corrected chi connectivity index (χ0v) is 17.7. The number of ether oxygens (including phenoxy) is 1. The van der Waals surface area contributed by atoms with Crippen molar-refractivity contribution >= 4 is 21.6 Å². The summed E-state index contributed by atoms with van der Waals surface area (Å²) >= 11 is 0. The predicted molar refractivity (Wildman–Crippen MR) is 113 cm³/mol. The van der Waals surface area contributed by atoms with Crippen LogP contribution in [-0.2, 0) is 16.6 Å². The summed E-state index contributed by atoms with van der Waals surface area (Å²) in [4.78, 5) is 12.4. The normalized spacial score (nSPS) is 11.6. The van der Waals surface area contributed by atoms with Gasteiger partial charge in [-0.05, 0) is 48.0 Å². The Morgan fingerprint density at radius 3 is 2.25 bits per heavy atom. The maximum atomic E-state index is 12.9. The summed E-state index contributed by atoms with van der Waals surface area (Å²) < 4.78 is 67.4. The number of amides is 1. The number of carbonyl (C=O) groups is 1. The van der Waals surface area contributed by atoms with Gasteiger partial charge in [0.1, 0.15) is 5.75 Å². The third-order valence-electron chi connectivity index (χ3n) is 4.48. The van der Waals surface area contributed by atoms with Crippen molar-refractivity contribution in [1.82, 2.24) is 5.32 Å². The molecule has 168 valence electrons. The molecule has 0 aliphatic rings. The van der Waals surface area contributed by atoms with Crippen LogP contribution in [0.4, 0.5) is 18.9 Å². The molecule has 6 nitrogen and oxygen atoms in total. The average molecular weight is 464 g/mol. The first kappa shape index (κ1) is 23.1. The van der Waals surface area contributed by atoms with Crippen LogP contribution in [-0.4, -0.2) is 27.7 Å². The van der Waals surface area contributed by atoms with E-state index in [1.807, 2.05) is 0 Å². The van der Waals surface area contributed by atoms with Crippen LogP contribution in [0.5, 0.6) is 5.75 Å². The van der Waals surface area contributed by atoms with Gasteiger partial charge in [0.2, 0.25) is 0 Å². The molecule has 0 fully saturated rings. The second-order valence-electron chi connectivity index (χ2n) is 6.71. The second-order valence-corrected chi connectivity index (χ2v) is 8.68. The molecule has 10 heteroatoms. The molecule has 0 aliphatic heterocycles. The lowest BCUT2D eigenvalue weighted by molar-refractivity contribution is -0.274. The number of hydrogen-bond acceptors (Lipinski definition) is 4. The maximum absolute atomic E-state index is 12.9. The Balaban J connectivity index is 1.69. The smallest absolute Gasteiger partial charge is 0.406 e. The van der Waals surface area contributed by atoms with E-state index in [0.717, 1.165) is 16.4 Å². The first-order valence-corrected chi connectivity index (χ1v) is 10.8. The van der Waals surface area contributed by atoms with Crippen molar-refractivity contribution in [2.45, 2.75) is 17.8 Å². The van der Waals surface area contributed by atoms with Crippen molar-refractivity contribution in [2.24, 2.45) is 0 Å². The lowest BCUT2D eigenvalue weighted by Crippen LogP contribution is -2.27. The van der Waals surface area contributed by atoms with Gasteiger partial charge in [-0.2, -0.15) is 0 Å². The lowest BCUT2D eigenvalue weighted by atomic mass is 10.2. The van der Waals surface area contributed by atoms with Crippen LogP contribution >= 0.6 is 0 Å². The summed E-state index contributed by atoms with van der Waals surface area (Å²) in [7, 11) is -2.47. The third kappa shape index (κ3) is 5.79. The van der Waals surface area contributed by atoms with Gasteiger partial charge in [-0.3, -0.25) is 9.10 Å². The Bertz CT molecular complexity index is 1180. The molecule has 0 saturated heterocycles. The molecule has 0 heterocycles. The molecule has 32 heavy (non-hydrogen) atoms. The Morgan fingerprint density at radius 1 is 0.969 bits per heavy atom. The van der Waals surface area contributed by atoms with Gasteiger partial charge in [0, 0.05) is 19.2 Å². The van der Waals surface area contributed by atoms with Gasteiger partial charge in [0.05, 0.1) is 10.6 Å². The first-order valence-electron chi connectivity index (χ1n) is 9.33. The Labute approximate surface area is 183 Å². The molecule has 0 saturated carbocycles. The maximum Gasteiger partial charge on any atom is 0.573 e. The molecule has 0 bridgehead atoms. The van der Waals surface area contributed by atoms with Gasteiger partial charge in [-0.15, -0.1) is 13.2 Å². The van der Waals surface area contributed by atoms with Gasteiger partial charge < -0.3 is 10.1 Å². The van der Waals surface area contributed by atoms with Crippen LogP contribution in [0.1, 0.15) is 15.9 Å². The standard InChI is InChI=1S/C22H19F3N2O4S/c1-27(18-7-3-2-4-8-18)32(29,30)20-9-5-6-17(14-20)21(28)26-15-16-10-12-19(13-11-16)31-22(23,24)25/h2-14H,15H2,1H3,(H,26,28). The molecule has 0 spiro atoms. The molecular formula is C22H19F3N2O4S. The van der Waals surface area contributed by atoms with E-state index in [1.54, 1.807) is 30.3 Å². The van der Waals surface area contributed by atoms with Crippen molar-refractivity contribution in [3.05, 3.63) is 90.0 Å². The number of nitrogens with zero attached hydrogens (tertiary/aromatic N) is 1. The predicted octanol–water partition coefficient (Wildman–Crippen LogP) is 4.34. The molecule has 1 N–H and O–H groups in total. The Kier molecular flexibility index (Phi) is 6.73. The number of sulfonamides is 1. The highest BCUT2D eigenvalue weighted by atomic mass is 32.2. The van der Waals surface area contributed by atoms with Gasteiger partial charge in [-0.25, -0.2) is 8.42 Å². The monoisotopic (exact) mass is 464 g/mol. The van der Waals surface area contributed by atoms with E-state index >= 15 is 0 Å². The number of hydrogen-bond donors (Lipinski definition) is 1. The number of anilines is 1. The van der Waals surface area contributed by atoms with Gasteiger partial charge in [0.15, 0.2) is 0 Å². The second kappa shape index (κ2) is 9.31. The highest BCUT2D eigenvalue weighted by molar-refractivity contribution is 7.92. The molecule has 0 radical (unpaired) electrons. The van der Waals surface area contributed by atoms with E-state index in [-0.39, 0.29) is 22.8 Å². The summed E-state index contributed by atoms with van der Waals surface area (Å²) in [5.74, 6) is -0.895. The van der Waals surface area contributed by atoms with Crippen LogP contribution in [0.25, 0.3) is 0 Å². The van der Waals surface area contributed by atoms with Crippen LogP contribution in [0.15, 0.2) is 83.8 Å². The zero-order chi connectivity index (χ0) is 23.4. The van der Waals surface area contributed by atoms with Crippen LogP contribution < -0.4 is 14.4 Å². The molecule has 0 unspecified atom stereocenters. The summed E-state index contributed by atoms with van der Waals surface area (Å²) in [5.41, 5.74) is 1.14. The highest BCUT2D eigenvalue weighted by Gasteiger charge is 2.31. The molecular weight excluding hydrogens is 445 g/mol. The van der Waals surface area contributed by atoms with E-state index in [9.17, 15) is 26.4 Å². The summed E-state index contributed by atoms with van der Waals surface area (Å²) in [6.45, 7) is 0.0338. The fourth-order valence-electron chi connectivity index (χ4n) is 2.83. The summed E-state index contributed by atoms with van der Waals surface area (Å²) in [5, 5.41) is 2.61. The van der Waals surface area contributed by atoms with E-state index in [4.69, 9.17) is 0 Å². The molecule has 0 aliphatic carbocycles. The SMILES string of the molecule is CN(c1ccccc1)S(=O)(=O)c1cccc(C(=O)NCc2ccc(OC(F)(F)F)cc2)c1.